The molecule has 0 aliphatic rings. The van der Waals surface area contributed by atoms with Crippen LogP contribution >= 0.6 is 0 Å². The summed E-state index contributed by atoms with van der Waals surface area (Å²) < 4.78 is 15.9. The summed E-state index contributed by atoms with van der Waals surface area (Å²) >= 11 is 0. The highest BCUT2D eigenvalue weighted by Gasteiger charge is 2.09. The van der Waals surface area contributed by atoms with Crippen LogP contribution in [-0.4, -0.2) is 19.5 Å². The highest BCUT2D eigenvalue weighted by molar-refractivity contribution is 5.75. The minimum atomic E-state index is -0.372. The average Bonchev–Trinajstić information content (AvgIpc) is 2.66. The van der Waals surface area contributed by atoms with Crippen molar-refractivity contribution < 1.29 is 4.39 Å². The van der Waals surface area contributed by atoms with Gasteiger partial charge in [-0.05, 0) is 23.8 Å². The second-order valence-corrected chi connectivity index (χ2v) is 5.62. The lowest BCUT2D eigenvalue weighted by molar-refractivity contribution is 0.596. The van der Waals surface area contributed by atoms with Crippen LogP contribution in [-0.2, 0) is 6.54 Å². The molecule has 0 amide bonds. The molecule has 25 heavy (non-hydrogen) atoms. The van der Waals surface area contributed by atoms with Crippen LogP contribution in [0.1, 0.15) is 5.56 Å². The lowest BCUT2D eigenvalue weighted by Crippen LogP contribution is -2.21. The number of nitrogens with zero attached hydrogens (tertiary/aromatic N) is 4. The fourth-order valence-corrected chi connectivity index (χ4v) is 2.69. The van der Waals surface area contributed by atoms with E-state index < -0.39 is 0 Å². The zero-order valence-corrected chi connectivity index (χ0v) is 13.1. The Bertz CT molecular complexity index is 1110. The standard InChI is InChI=1S/C19H13FN4O/c20-17-8-13(14-2-1-6-21-9-14)3-4-15(17)11-24-12-23-18-10-22-7-5-16(18)19(24)25/h1-10,12H,11H2. The van der Waals surface area contributed by atoms with Crippen molar-refractivity contribution in [2.45, 2.75) is 6.54 Å². The summed E-state index contributed by atoms with van der Waals surface area (Å²) in [6.45, 7) is 0.114. The minimum absolute atomic E-state index is 0.114. The average molecular weight is 332 g/mol. The molecule has 0 N–H and O–H groups in total. The second kappa shape index (κ2) is 6.24. The zero-order chi connectivity index (χ0) is 17.2. The SMILES string of the molecule is O=c1c2ccncc2ncn1Cc1ccc(-c2cccnc2)cc1F. The molecule has 6 heteroatoms. The maximum atomic E-state index is 14.5. The van der Waals surface area contributed by atoms with E-state index in [1.807, 2.05) is 12.1 Å². The van der Waals surface area contributed by atoms with Gasteiger partial charge in [-0.2, -0.15) is 0 Å². The van der Waals surface area contributed by atoms with Gasteiger partial charge in [0.15, 0.2) is 0 Å². The van der Waals surface area contributed by atoms with E-state index in [2.05, 4.69) is 15.0 Å². The highest BCUT2D eigenvalue weighted by atomic mass is 19.1. The van der Waals surface area contributed by atoms with Gasteiger partial charge in [-0.25, -0.2) is 9.37 Å². The first kappa shape index (κ1) is 15.1. The third kappa shape index (κ3) is 2.89. The van der Waals surface area contributed by atoms with E-state index in [9.17, 15) is 9.18 Å². The molecule has 0 atom stereocenters. The maximum absolute atomic E-state index is 14.5. The maximum Gasteiger partial charge on any atom is 0.261 e. The molecule has 0 aliphatic heterocycles. The molecule has 122 valence electrons. The molecule has 1 aromatic carbocycles. The molecule has 0 radical (unpaired) electrons. The fraction of sp³-hybridized carbons (Fsp3) is 0.0526. The summed E-state index contributed by atoms with van der Waals surface area (Å²) in [5, 5.41) is 0.463. The van der Waals surface area contributed by atoms with Crippen LogP contribution in [0.25, 0.3) is 22.0 Å². The van der Waals surface area contributed by atoms with Gasteiger partial charge in [-0.15, -0.1) is 0 Å². The van der Waals surface area contributed by atoms with Gasteiger partial charge >= 0.3 is 0 Å². The molecule has 0 spiro atoms. The fourth-order valence-electron chi connectivity index (χ4n) is 2.69. The molecule has 3 heterocycles. The summed E-state index contributed by atoms with van der Waals surface area (Å²) in [4.78, 5) is 24.7. The number of benzene rings is 1. The lowest BCUT2D eigenvalue weighted by Gasteiger charge is -2.09. The van der Waals surface area contributed by atoms with Gasteiger partial charge in [-0.3, -0.25) is 19.3 Å². The molecule has 0 fully saturated rings. The normalized spacial score (nSPS) is 10.9. The Labute approximate surface area is 142 Å². The molecule has 0 aliphatic carbocycles. The van der Waals surface area contributed by atoms with E-state index in [0.717, 1.165) is 11.1 Å². The summed E-state index contributed by atoms with van der Waals surface area (Å²) in [5.41, 5.74) is 2.30. The van der Waals surface area contributed by atoms with Crippen LogP contribution in [0, 0.1) is 5.82 Å². The lowest BCUT2D eigenvalue weighted by atomic mass is 10.1. The Balaban J connectivity index is 1.70. The van der Waals surface area contributed by atoms with Crippen molar-refractivity contribution in [3.8, 4) is 11.1 Å². The van der Waals surface area contributed by atoms with Crippen molar-refractivity contribution in [3.05, 3.63) is 89.2 Å². The van der Waals surface area contributed by atoms with Crippen LogP contribution in [0.5, 0.6) is 0 Å². The van der Waals surface area contributed by atoms with Crippen molar-refractivity contribution in [2.24, 2.45) is 0 Å². The Morgan fingerprint density at radius 3 is 2.68 bits per heavy atom. The van der Waals surface area contributed by atoms with E-state index in [-0.39, 0.29) is 17.9 Å². The summed E-state index contributed by atoms with van der Waals surface area (Å²) in [5.74, 6) is -0.372. The molecule has 0 saturated carbocycles. The number of hydrogen-bond acceptors (Lipinski definition) is 4. The topological polar surface area (TPSA) is 60.7 Å². The van der Waals surface area contributed by atoms with E-state index >= 15 is 0 Å². The molecule has 4 rings (SSSR count). The Hall–Kier alpha value is -3.41. The van der Waals surface area contributed by atoms with Crippen LogP contribution in [0.2, 0.25) is 0 Å². The van der Waals surface area contributed by atoms with Crippen molar-refractivity contribution in [2.75, 3.05) is 0 Å². The first-order valence-corrected chi connectivity index (χ1v) is 7.70. The van der Waals surface area contributed by atoms with Crippen LogP contribution < -0.4 is 5.56 Å². The van der Waals surface area contributed by atoms with Crippen LogP contribution in [0.3, 0.4) is 0 Å². The van der Waals surface area contributed by atoms with Crippen LogP contribution in [0.15, 0.2) is 72.3 Å². The smallest absolute Gasteiger partial charge is 0.261 e. The Morgan fingerprint density at radius 2 is 1.88 bits per heavy atom. The molecule has 5 nitrogen and oxygen atoms in total. The number of rotatable bonds is 3. The third-order valence-electron chi connectivity index (χ3n) is 4.02. The number of aromatic nitrogens is 4. The van der Waals surface area contributed by atoms with E-state index in [1.165, 1.54) is 23.2 Å². The predicted octanol–water partition coefficient (Wildman–Crippen LogP) is 3.04. The first-order valence-electron chi connectivity index (χ1n) is 7.70. The van der Waals surface area contributed by atoms with Gasteiger partial charge in [0.25, 0.3) is 5.56 Å². The molecule has 3 aromatic heterocycles. The summed E-state index contributed by atoms with van der Waals surface area (Å²) in [6, 6.07) is 10.2. The van der Waals surface area contributed by atoms with E-state index in [4.69, 9.17) is 0 Å². The van der Waals surface area contributed by atoms with Crippen molar-refractivity contribution in [1.82, 2.24) is 19.5 Å². The molecular formula is C19H13FN4O. The van der Waals surface area contributed by atoms with Gasteiger partial charge < -0.3 is 0 Å². The van der Waals surface area contributed by atoms with Crippen molar-refractivity contribution in [3.63, 3.8) is 0 Å². The van der Waals surface area contributed by atoms with Gasteiger partial charge in [0.05, 0.1) is 30.0 Å². The Morgan fingerprint density at radius 1 is 1.00 bits per heavy atom. The van der Waals surface area contributed by atoms with Crippen molar-refractivity contribution in [1.29, 1.82) is 0 Å². The third-order valence-corrected chi connectivity index (χ3v) is 4.02. The summed E-state index contributed by atoms with van der Waals surface area (Å²) in [7, 11) is 0. The first-order chi connectivity index (χ1) is 12.2. The molecule has 4 aromatic rings. The van der Waals surface area contributed by atoms with Crippen LogP contribution in [0.4, 0.5) is 4.39 Å². The van der Waals surface area contributed by atoms with Gasteiger partial charge in [0.2, 0.25) is 0 Å². The van der Waals surface area contributed by atoms with Gasteiger partial charge in [-0.1, -0.05) is 18.2 Å². The zero-order valence-electron chi connectivity index (χ0n) is 13.1. The quantitative estimate of drug-likeness (QED) is 0.578. The second-order valence-electron chi connectivity index (χ2n) is 5.62. The largest absolute Gasteiger partial charge is 0.294 e. The van der Waals surface area contributed by atoms with Gasteiger partial charge in [0, 0.05) is 29.7 Å². The molecule has 0 unspecified atom stereocenters. The molecule has 0 bridgehead atoms. The number of hydrogen-bond donors (Lipinski definition) is 0. The molecule has 0 saturated heterocycles. The molecular weight excluding hydrogens is 319 g/mol. The minimum Gasteiger partial charge on any atom is -0.294 e. The number of fused-ring (bicyclic) bond motifs is 1. The van der Waals surface area contributed by atoms with E-state index in [1.54, 1.807) is 36.8 Å². The monoisotopic (exact) mass is 332 g/mol. The van der Waals surface area contributed by atoms with Crippen molar-refractivity contribution >= 4 is 10.9 Å². The van der Waals surface area contributed by atoms with E-state index in [0.29, 0.717) is 16.5 Å². The number of pyridine rings is 2. The highest BCUT2D eigenvalue weighted by Crippen LogP contribution is 2.21. The predicted molar refractivity (Wildman–Crippen MR) is 92.5 cm³/mol. The van der Waals surface area contributed by atoms with Gasteiger partial charge in [0.1, 0.15) is 5.82 Å². The Kier molecular flexibility index (Phi) is 3.78. The summed E-state index contributed by atoms with van der Waals surface area (Å²) in [6.07, 6.45) is 7.84. The number of halogens is 1.